The molecule has 8 heteroatoms. The molecule has 116 valence electrons. The number of amides is 1. The van der Waals surface area contributed by atoms with Crippen LogP contribution in [0.15, 0.2) is 34.9 Å². The average Bonchev–Trinajstić information content (AvgIpc) is 3.06. The van der Waals surface area contributed by atoms with E-state index in [0.717, 1.165) is 5.56 Å². The normalized spacial score (nSPS) is 20.0. The second kappa shape index (κ2) is 5.73. The predicted octanol–water partition coefficient (Wildman–Crippen LogP) is 1.91. The van der Waals surface area contributed by atoms with Crippen LogP contribution in [0.5, 0.6) is 0 Å². The van der Waals surface area contributed by atoms with Gasteiger partial charge < -0.3 is 9.84 Å². The van der Waals surface area contributed by atoms with Crippen molar-refractivity contribution in [2.75, 3.05) is 11.5 Å². The Balaban J connectivity index is 1.72. The fourth-order valence-electron chi connectivity index (χ4n) is 2.33. The van der Waals surface area contributed by atoms with Crippen molar-refractivity contribution >= 4 is 27.3 Å². The Bertz CT molecular complexity index is 816. The molecule has 0 aliphatic carbocycles. The van der Waals surface area contributed by atoms with E-state index in [0.29, 0.717) is 17.1 Å². The summed E-state index contributed by atoms with van der Waals surface area (Å²) in [6, 6.07) is 8.15. The molecule has 2 aromatic rings. The number of benzene rings is 1. The first-order valence-electron chi connectivity index (χ1n) is 6.67. The van der Waals surface area contributed by atoms with E-state index in [4.69, 9.17) is 16.1 Å². The molecule has 0 unspecified atom stereocenters. The number of nitrogens with one attached hydrogen (secondary N) is 1. The van der Waals surface area contributed by atoms with Crippen molar-refractivity contribution in [3.8, 4) is 11.3 Å². The second-order valence-electron chi connectivity index (χ2n) is 5.16. The fourth-order valence-corrected chi connectivity index (χ4v) is 4.20. The summed E-state index contributed by atoms with van der Waals surface area (Å²) in [5.41, 5.74) is 1.23. The highest BCUT2D eigenvalue weighted by molar-refractivity contribution is 7.91. The van der Waals surface area contributed by atoms with Crippen LogP contribution in [0.2, 0.25) is 5.02 Å². The highest BCUT2D eigenvalue weighted by Gasteiger charge is 2.30. The second-order valence-corrected chi connectivity index (χ2v) is 7.83. The molecule has 0 radical (unpaired) electrons. The SMILES string of the molecule is O=C(N[C@@H]1CCS(=O)(=O)C1)c1cc(-c2cccc(Cl)c2)no1. The standard InChI is InChI=1S/C14H13ClN2O4S/c15-10-3-1-2-9(6-10)12-7-13(21-17-12)14(18)16-11-4-5-22(19,20)8-11/h1-3,6-7,11H,4-5,8H2,(H,16,18)/t11-/m1/s1. The van der Waals surface area contributed by atoms with Crippen LogP contribution in [0.4, 0.5) is 0 Å². The molecule has 1 aromatic heterocycles. The Hall–Kier alpha value is -1.86. The molecule has 1 fully saturated rings. The minimum absolute atomic E-state index is 0.0337. The topological polar surface area (TPSA) is 89.3 Å². The summed E-state index contributed by atoms with van der Waals surface area (Å²) in [6.45, 7) is 0. The number of rotatable bonds is 3. The molecular weight excluding hydrogens is 328 g/mol. The van der Waals surface area contributed by atoms with Crippen molar-refractivity contribution in [1.82, 2.24) is 10.5 Å². The van der Waals surface area contributed by atoms with Crippen LogP contribution >= 0.6 is 11.6 Å². The molecule has 1 atom stereocenters. The highest BCUT2D eigenvalue weighted by Crippen LogP contribution is 2.22. The molecule has 1 amide bonds. The van der Waals surface area contributed by atoms with Gasteiger partial charge in [-0.2, -0.15) is 0 Å². The molecule has 1 aliphatic heterocycles. The Morgan fingerprint density at radius 1 is 1.36 bits per heavy atom. The van der Waals surface area contributed by atoms with Gasteiger partial charge in [0.15, 0.2) is 9.84 Å². The van der Waals surface area contributed by atoms with E-state index in [9.17, 15) is 13.2 Å². The molecule has 0 bridgehead atoms. The van der Waals surface area contributed by atoms with E-state index in [-0.39, 0.29) is 23.3 Å². The van der Waals surface area contributed by atoms with Crippen molar-refractivity contribution < 1.29 is 17.7 Å². The van der Waals surface area contributed by atoms with Crippen LogP contribution in [-0.2, 0) is 9.84 Å². The van der Waals surface area contributed by atoms with Crippen LogP contribution in [0, 0.1) is 0 Å². The number of hydrogen-bond donors (Lipinski definition) is 1. The molecule has 0 spiro atoms. The zero-order valence-corrected chi connectivity index (χ0v) is 13.0. The number of nitrogens with zero attached hydrogens (tertiary/aromatic N) is 1. The van der Waals surface area contributed by atoms with Gasteiger partial charge in [-0.3, -0.25) is 4.79 Å². The van der Waals surface area contributed by atoms with Gasteiger partial charge >= 0.3 is 0 Å². The van der Waals surface area contributed by atoms with Gasteiger partial charge in [-0.15, -0.1) is 0 Å². The lowest BCUT2D eigenvalue weighted by atomic mass is 10.1. The molecule has 2 heterocycles. The Morgan fingerprint density at radius 2 is 2.18 bits per heavy atom. The van der Waals surface area contributed by atoms with Crippen molar-refractivity contribution in [3.05, 3.63) is 41.1 Å². The fraction of sp³-hybridized carbons (Fsp3) is 0.286. The summed E-state index contributed by atoms with van der Waals surface area (Å²) in [5, 5.41) is 7.05. The molecule has 22 heavy (non-hydrogen) atoms. The Morgan fingerprint density at radius 3 is 2.86 bits per heavy atom. The minimum atomic E-state index is -3.04. The maximum Gasteiger partial charge on any atom is 0.290 e. The van der Waals surface area contributed by atoms with Crippen molar-refractivity contribution in [2.24, 2.45) is 0 Å². The van der Waals surface area contributed by atoms with E-state index in [1.807, 2.05) is 0 Å². The third-order valence-electron chi connectivity index (χ3n) is 3.42. The van der Waals surface area contributed by atoms with E-state index in [1.165, 1.54) is 6.07 Å². The summed E-state index contributed by atoms with van der Waals surface area (Å²) in [5.74, 6) is -0.363. The van der Waals surface area contributed by atoms with Crippen LogP contribution < -0.4 is 5.32 Å². The van der Waals surface area contributed by atoms with E-state index < -0.39 is 15.7 Å². The van der Waals surface area contributed by atoms with Crippen LogP contribution in [0.1, 0.15) is 17.0 Å². The lowest BCUT2D eigenvalue weighted by molar-refractivity contribution is 0.0904. The van der Waals surface area contributed by atoms with Crippen molar-refractivity contribution in [1.29, 1.82) is 0 Å². The lowest BCUT2D eigenvalue weighted by Gasteiger charge is -2.07. The highest BCUT2D eigenvalue weighted by atomic mass is 35.5. The maximum atomic E-state index is 12.1. The minimum Gasteiger partial charge on any atom is -0.350 e. The summed E-state index contributed by atoms with van der Waals surface area (Å²) in [6.07, 6.45) is 0.420. The number of halogens is 1. The first-order chi connectivity index (χ1) is 10.4. The first-order valence-corrected chi connectivity index (χ1v) is 8.87. The van der Waals surface area contributed by atoms with E-state index in [1.54, 1.807) is 24.3 Å². The lowest BCUT2D eigenvalue weighted by Crippen LogP contribution is -2.35. The Labute approximate surface area is 132 Å². The monoisotopic (exact) mass is 340 g/mol. The van der Waals surface area contributed by atoms with Crippen LogP contribution in [-0.4, -0.2) is 37.0 Å². The predicted molar refractivity (Wildman–Crippen MR) is 81.5 cm³/mol. The molecule has 3 rings (SSSR count). The summed E-state index contributed by atoms with van der Waals surface area (Å²) in [7, 11) is -3.04. The van der Waals surface area contributed by atoms with E-state index in [2.05, 4.69) is 10.5 Å². The maximum absolute atomic E-state index is 12.1. The third kappa shape index (κ3) is 3.31. The smallest absolute Gasteiger partial charge is 0.290 e. The molecule has 0 saturated carbocycles. The van der Waals surface area contributed by atoms with Gasteiger partial charge in [-0.05, 0) is 18.6 Å². The molecule has 1 aromatic carbocycles. The van der Waals surface area contributed by atoms with Crippen LogP contribution in [0.3, 0.4) is 0 Å². The van der Waals surface area contributed by atoms with Crippen LogP contribution in [0.25, 0.3) is 11.3 Å². The average molecular weight is 341 g/mol. The van der Waals surface area contributed by atoms with Gasteiger partial charge in [-0.25, -0.2) is 8.42 Å². The number of carbonyl (C=O) groups is 1. The number of hydrogen-bond acceptors (Lipinski definition) is 5. The number of sulfone groups is 1. The number of carbonyl (C=O) groups excluding carboxylic acids is 1. The Kier molecular flexibility index (Phi) is 3.92. The van der Waals surface area contributed by atoms with Gasteiger partial charge in [0.2, 0.25) is 5.76 Å². The molecule has 1 saturated heterocycles. The van der Waals surface area contributed by atoms with Gasteiger partial charge in [0.05, 0.1) is 11.5 Å². The first kappa shape index (κ1) is 15.1. The molecule has 1 N–H and O–H groups in total. The number of aromatic nitrogens is 1. The van der Waals surface area contributed by atoms with Crippen molar-refractivity contribution in [2.45, 2.75) is 12.5 Å². The van der Waals surface area contributed by atoms with Gasteiger partial charge in [-0.1, -0.05) is 28.9 Å². The zero-order valence-electron chi connectivity index (χ0n) is 11.5. The summed E-state index contributed by atoms with van der Waals surface area (Å²) < 4.78 is 27.8. The summed E-state index contributed by atoms with van der Waals surface area (Å²) in [4.78, 5) is 12.1. The molecule has 6 nitrogen and oxygen atoms in total. The molecule has 1 aliphatic rings. The quantitative estimate of drug-likeness (QED) is 0.921. The van der Waals surface area contributed by atoms with Gasteiger partial charge in [0, 0.05) is 22.7 Å². The van der Waals surface area contributed by atoms with Crippen molar-refractivity contribution in [3.63, 3.8) is 0 Å². The van der Waals surface area contributed by atoms with Gasteiger partial charge in [0.25, 0.3) is 5.91 Å². The van der Waals surface area contributed by atoms with Gasteiger partial charge in [0.1, 0.15) is 5.69 Å². The summed E-state index contributed by atoms with van der Waals surface area (Å²) >= 11 is 5.91. The van der Waals surface area contributed by atoms with E-state index >= 15 is 0 Å². The zero-order chi connectivity index (χ0) is 15.7. The largest absolute Gasteiger partial charge is 0.350 e. The third-order valence-corrected chi connectivity index (χ3v) is 5.43. The molecular formula is C14H13ClN2O4S.